The number of hydrogen-bond donors (Lipinski definition) is 0. The third kappa shape index (κ3) is 11.0. The molecular weight excluding hydrogens is 532 g/mol. The SMILES string of the molecule is C=CN=C(CCCCc1cccc(C#N)c1)C(/C(=C\C)C(CC)CCCC)=C(\C)N1CCN(C(=O)OC(C)(C)C)C[C@@H]1C. The lowest BCUT2D eigenvalue weighted by Gasteiger charge is -2.43. The number of hydrogen-bond acceptors (Lipinski definition) is 5. The van der Waals surface area contributed by atoms with E-state index >= 15 is 0 Å². The van der Waals surface area contributed by atoms with Crippen LogP contribution in [0.3, 0.4) is 0 Å². The fraction of sp³-hybridized carbons (Fsp3) is 0.595. The van der Waals surface area contributed by atoms with Gasteiger partial charge in [0.25, 0.3) is 0 Å². The van der Waals surface area contributed by atoms with Crippen LogP contribution in [0.4, 0.5) is 4.79 Å². The highest BCUT2D eigenvalue weighted by molar-refractivity contribution is 6.04. The van der Waals surface area contributed by atoms with Crippen molar-refractivity contribution in [1.29, 1.82) is 5.26 Å². The first-order chi connectivity index (χ1) is 20.5. The molecule has 0 saturated carbocycles. The topological polar surface area (TPSA) is 68.9 Å². The van der Waals surface area contributed by atoms with Crippen LogP contribution in [-0.4, -0.2) is 52.9 Å². The number of unbranched alkanes of at least 4 members (excludes halogenated alkanes) is 2. The molecule has 1 heterocycles. The van der Waals surface area contributed by atoms with Crippen molar-refractivity contribution in [2.45, 2.75) is 118 Å². The summed E-state index contributed by atoms with van der Waals surface area (Å²) >= 11 is 0. The molecule has 2 rings (SSSR count). The number of carbonyl (C=O) groups is 1. The number of nitrogens with zero attached hydrogens (tertiary/aromatic N) is 4. The summed E-state index contributed by atoms with van der Waals surface area (Å²) in [5.41, 5.74) is 6.33. The van der Waals surface area contributed by atoms with E-state index in [1.807, 2.05) is 43.9 Å². The number of amides is 1. The molecule has 0 aliphatic carbocycles. The van der Waals surface area contributed by atoms with E-state index in [2.05, 4.69) is 64.3 Å². The Morgan fingerprint density at radius 1 is 1.23 bits per heavy atom. The quantitative estimate of drug-likeness (QED) is 0.123. The third-order valence-electron chi connectivity index (χ3n) is 8.23. The van der Waals surface area contributed by atoms with Gasteiger partial charge in [0.1, 0.15) is 5.60 Å². The largest absolute Gasteiger partial charge is 0.444 e. The fourth-order valence-corrected chi connectivity index (χ4v) is 6.07. The van der Waals surface area contributed by atoms with E-state index in [0.29, 0.717) is 24.6 Å². The number of aryl methyl sites for hydroxylation is 1. The van der Waals surface area contributed by atoms with Crippen molar-refractivity contribution in [3.05, 3.63) is 71.1 Å². The number of allylic oxidation sites excluding steroid dienone is 4. The molecule has 1 aliphatic rings. The van der Waals surface area contributed by atoms with Gasteiger partial charge in [-0.3, -0.25) is 4.99 Å². The van der Waals surface area contributed by atoms with Crippen molar-refractivity contribution in [2.75, 3.05) is 19.6 Å². The molecule has 236 valence electrons. The van der Waals surface area contributed by atoms with Crippen LogP contribution in [0.25, 0.3) is 0 Å². The second-order valence-corrected chi connectivity index (χ2v) is 12.7. The van der Waals surface area contributed by atoms with E-state index in [9.17, 15) is 10.1 Å². The van der Waals surface area contributed by atoms with Crippen LogP contribution < -0.4 is 0 Å². The lowest BCUT2D eigenvalue weighted by atomic mass is 9.82. The van der Waals surface area contributed by atoms with Gasteiger partial charge in [0.05, 0.1) is 11.6 Å². The summed E-state index contributed by atoms with van der Waals surface area (Å²) < 4.78 is 5.68. The average molecular weight is 589 g/mol. The number of aliphatic imine (C=N–C) groups is 1. The van der Waals surface area contributed by atoms with Gasteiger partial charge in [-0.25, -0.2) is 4.79 Å². The maximum Gasteiger partial charge on any atom is 0.410 e. The minimum Gasteiger partial charge on any atom is -0.444 e. The van der Waals surface area contributed by atoms with Crippen molar-refractivity contribution in [1.82, 2.24) is 9.80 Å². The Morgan fingerprint density at radius 3 is 2.56 bits per heavy atom. The van der Waals surface area contributed by atoms with Crippen LogP contribution in [0.15, 0.2) is 65.0 Å². The van der Waals surface area contributed by atoms with E-state index in [-0.39, 0.29) is 12.1 Å². The molecule has 6 nitrogen and oxygen atoms in total. The molecule has 1 aliphatic heterocycles. The first-order valence-corrected chi connectivity index (χ1v) is 16.3. The molecule has 1 aromatic rings. The highest BCUT2D eigenvalue weighted by Gasteiger charge is 2.32. The Balaban J connectivity index is 2.39. The van der Waals surface area contributed by atoms with E-state index in [1.54, 1.807) is 6.20 Å². The summed E-state index contributed by atoms with van der Waals surface area (Å²) in [4.78, 5) is 22.1. The number of benzene rings is 1. The summed E-state index contributed by atoms with van der Waals surface area (Å²) in [6, 6.07) is 10.3. The van der Waals surface area contributed by atoms with Crippen molar-refractivity contribution < 1.29 is 9.53 Å². The molecule has 0 bridgehead atoms. The lowest BCUT2D eigenvalue weighted by molar-refractivity contribution is 0.0101. The summed E-state index contributed by atoms with van der Waals surface area (Å²) in [6.45, 7) is 22.8. The highest BCUT2D eigenvalue weighted by atomic mass is 16.6. The van der Waals surface area contributed by atoms with E-state index in [1.165, 1.54) is 35.2 Å². The monoisotopic (exact) mass is 588 g/mol. The molecule has 43 heavy (non-hydrogen) atoms. The molecule has 2 atom stereocenters. The Labute approximate surface area is 262 Å². The van der Waals surface area contributed by atoms with Gasteiger partial charge in [-0.2, -0.15) is 5.26 Å². The minimum absolute atomic E-state index is 0.141. The first-order valence-electron chi connectivity index (χ1n) is 16.3. The molecule has 0 spiro atoms. The second-order valence-electron chi connectivity index (χ2n) is 12.7. The number of carbonyl (C=O) groups excluding carboxylic acids is 1. The van der Waals surface area contributed by atoms with E-state index in [4.69, 9.17) is 9.73 Å². The van der Waals surface area contributed by atoms with Crippen LogP contribution in [0.1, 0.15) is 111 Å². The summed E-state index contributed by atoms with van der Waals surface area (Å²) in [5.74, 6) is 0.456. The Kier molecular flexibility index (Phi) is 14.8. The molecule has 0 N–H and O–H groups in total. The van der Waals surface area contributed by atoms with Gasteiger partial charge in [-0.05, 0) is 109 Å². The molecule has 1 amide bonds. The summed E-state index contributed by atoms with van der Waals surface area (Å²) in [7, 11) is 0. The smallest absolute Gasteiger partial charge is 0.410 e. The standard InChI is InChI=1S/C37H56N4O2/c1-10-14-21-32(11-2)33(12-3)35(29(6)41-24-23-40(27-28(41)5)36(42)43-37(7,8)9)34(39-13-4)22-16-15-18-30-19-17-20-31(25-30)26-38/h12-13,17,19-20,25,28,32H,4,10-11,14-16,18,21-24,27H2,1-3,5-9H3/b33-12-,35-29+,39-34?/t28-,32?/m0/s1. The lowest BCUT2D eigenvalue weighted by Crippen LogP contribution is -2.54. The van der Waals surface area contributed by atoms with Gasteiger partial charge in [0.15, 0.2) is 0 Å². The molecule has 1 aromatic carbocycles. The molecule has 0 aromatic heterocycles. The van der Waals surface area contributed by atoms with Crippen molar-refractivity contribution in [2.24, 2.45) is 10.9 Å². The van der Waals surface area contributed by atoms with Crippen molar-refractivity contribution in [3.8, 4) is 6.07 Å². The molecule has 0 radical (unpaired) electrons. The number of rotatable bonds is 14. The Hall–Kier alpha value is -3.33. The fourth-order valence-electron chi connectivity index (χ4n) is 6.07. The zero-order valence-electron chi connectivity index (χ0n) is 28.2. The van der Waals surface area contributed by atoms with Gasteiger partial charge < -0.3 is 14.5 Å². The second kappa shape index (κ2) is 17.7. The normalized spacial score (nSPS) is 17.7. The number of ether oxygens (including phenoxy) is 1. The predicted molar refractivity (Wildman–Crippen MR) is 180 cm³/mol. The van der Waals surface area contributed by atoms with Crippen LogP contribution in [0.2, 0.25) is 0 Å². The molecule has 6 heteroatoms. The average Bonchev–Trinajstić information content (AvgIpc) is 2.97. The Morgan fingerprint density at radius 2 is 1.98 bits per heavy atom. The van der Waals surface area contributed by atoms with Crippen LogP contribution >= 0.6 is 0 Å². The van der Waals surface area contributed by atoms with Gasteiger partial charge in [0.2, 0.25) is 0 Å². The van der Waals surface area contributed by atoms with Crippen molar-refractivity contribution >= 4 is 11.8 Å². The van der Waals surface area contributed by atoms with Gasteiger partial charge >= 0.3 is 6.09 Å². The van der Waals surface area contributed by atoms with Crippen molar-refractivity contribution in [3.63, 3.8) is 0 Å². The third-order valence-corrected chi connectivity index (χ3v) is 8.23. The number of nitriles is 1. The summed E-state index contributed by atoms with van der Waals surface area (Å²) in [5, 5.41) is 9.27. The van der Waals surface area contributed by atoms with E-state index < -0.39 is 5.60 Å². The van der Waals surface area contributed by atoms with Crippen LogP contribution in [0.5, 0.6) is 0 Å². The minimum atomic E-state index is -0.510. The van der Waals surface area contributed by atoms with Crippen LogP contribution in [-0.2, 0) is 11.2 Å². The molecule has 1 saturated heterocycles. The van der Waals surface area contributed by atoms with Crippen LogP contribution in [0, 0.1) is 17.2 Å². The predicted octanol–water partition coefficient (Wildman–Crippen LogP) is 9.23. The summed E-state index contributed by atoms with van der Waals surface area (Å²) in [6.07, 6.45) is 12.1. The molecule has 1 unspecified atom stereocenters. The van der Waals surface area contributed by atoms with Gasteiger partial charge in [0, 0.05) is 48.9 Å². The van der Waals surface area contributed by atoms with Gasteiger partial charge in [-0.1, -0.05) is 51.5 Å². The molecular formula is C37H56N4O2. The Bertz CT molecular complexity index is 1200. The highest BCUT2D eigenvalue weighted by Crippen LogP contribution is 2.34. The number of piperazine rings is 1. The maximum atomic E-state index is 12.8. The molecule has 1 fully saturated rings. The van der Waals surface area contributed by atoms with Gasteiger partial charge in [-0.15, -0.1) is 0 Å². The first kappa shape index (κ1) is 35.9. The zero-order valence-corrected chi connectivity index (χ0v) is 28.2. The maximum absolute atomic E-state index is 12.8. The van der Waals surface area contributed by atoms with E-state index in [0.717, 1.165) is 50.8 Å². The zero-order chi connectivity index (χ0) is 32.0.